The third-order valence-electron chi connectivity index (χ3n) is 5.49. The number of aliphatic imine (C=N–C) groups is 1. The van der Waals surface area contributed by atoms with Crippen LogP contribution in [0.4, 0.5) is 5.69 Å². The molecule has 0 bridgehead atoms. The Morgan fingerprint density at radius 1 is 1.22 bits per heavy atom. The van der Waals surface area contributed by atoms with Crippen LogP contribution < -0.4 is 10.6 Å². The van der Waals surface area contributed by atoms with Crippen LogP contribution in [-0.2, 0) is 16.1 Å². The van der Waals surface area contributed by atoms with Crippen molar-refractivity contribution in [1.82, 2.24) is 20.4 Å². The van der Waals surface area contributed by atoms with Gasteiger partial charge in [0.1, 0.15) is 0 Å². The Bertz CT molecular complexity index is 773. The number of hydrogen-bond acceptors (Lipinski definition) is 6. The lowest BCUT2D eigenvalue weighted by atomic mass is 10.2. The first-order valence-electron chi connectivity index (χ1n) is 11.4. The number of carbonyl (C=O) groups excluding carboxylic acids is 1. The van der Waals surface area contributed by atoms with Crippen LogP contribution in [0.2, 0.25) is 0 Å². The molecule has 0 radical (unpaired) electrons. The van der Waals surface area contributed by atoms with Gasteiger partial charge in [-0.25, -0.2) is 4.99 Å². The summed E-state index contributed by atoms with van der Waals surface area (Å²) in [7, 11) is 0. The van der Waals surface area contributed by atoms with Crippen LogP contribution >= 0.6 is 0 Å². The molecule has 1 aliphatic carbocycles. The molecular formula is C22H34N6O4. The van der Waals surface area contributed by atoms with Crippen molar-refractivity contribution in [2.24, 2.45) is 4.99 Å². The largest absolute Gasteiger partial charge is 0.382 e. The number of nitrogens with one attached hydrogen (secondary N) is 2. The summed E-state index contributed by atoms with van der Waals surface area (Å²) in [4.78, 5) is 31.7. The third kappa shape index (κ3) is 8.08. The molecular weight excluding hydrogens is 412 g/mol. The number of carbonyl (C=O) groups is 1. The van der Waals surface area contributed by atoms with E-state index in [2.05, 4.69) is 20.4 Å². The highest BCUT2D eigenvalue weighted by atomic mass is 16.6. The van der Waals surface area contributed by atoms with Gasteiger partial charge < -0.3 is 20.3 Å². The SMILES string of the molecule is CCOCCCNC(=NCc1ccc([N+](=O)[O-])cc1)N1CCN(CC(=O)NC2CC2)CC1. The minimum Gasteiger partial charge on any atom is -0.382 e. The van der Waals surface area contributed by atoms with Crippen LogP contribution in [0.1, 0.15) is 31.7 Å². The lowest BCUT2D eigenvalue weighted by Gasteiger charge is -2.36. The summed E-state index contributed by atoms with van der Waals surface area (Å²) in [6, 6.07) is 6.88. The van der Waals surface area contributed by atoms with Gasteiger partial charge in [-0.05, 0) is 31.7 Å². The number of nitro groups is 1. The molecule has 0 aromatic heterocycles. The Hall–Kier alpha value is -2.72. The molecule has 1 aromatic carbocycles. The van der Waals surface area contributed by atoms with E-state index < -0.39 is 4.92 Å². The average molecular weight is 447 g/mol. The van der Waals surface area contributed by atoms with Crippen LogP contribution in [0, 0.1) is 10.1 Å². The second-order valence-electron chi connectivity index (χ2n) is 8.15. The second-order valence-corrected chi connectivity index (χ2v) is 8.15. The van der Waals surface area contributed by atoms with Gasteiger partial charge in [-0.3, -0.25) is 19.8 Å². The number of non-ortho nitro benzene ring substituents is 1. The topological polar surface area (TPSA) is 112 Å². The van der Waals surface area contributed by atoms with E-state index >= 15 is 0 Å². The van der Waals surface area contributed by atoms with Crippen molar-refractivity contribution < 1.29 is 14.5 Å². The van der Waals surface area contributed by atoms with Crippen LogP contribution in [0.3, 0.4) is 0 Å². The van der Waals surface area contributed by atoms with Crippen LogP contribution in [-0.4, -0.2) is 85.1 Å². The number of benzene rings is 1. The first kappa shape index (κ1) is 23.9. The van der Waals surface area contributed by atoms with E-state index in [1.807, 2.05) is 6.92 Å². The number of piperazine rings is 1. The highest BCUT2D eigenvalue weighted by Crippen LogP contribution is 2.18. The molecule has 1 heterocycles. The first-order chi connectivity index (χ1) is 15.5. The number of amides is 1. The molecule has 176 valence electrons. The quantitative estimate of drug-likeness (QED) is 0.174. The van der Waals surface area contributed by atoms with Gasteiger partial charge in [-0.2, -0.15) is 0 Å². The van der Waals surface area contributed by atoms with Gasteiger partial charge >= 0.3 is 0 Å². The Balaban J connectivity index is 1.53. The molecule has 1 amide bonds. The fourth-order valence-electron chi connectivity index (χ4n) is 3.50. The van der Waals surface area contributed by atoms with Gasteiger partial charge in [-0.15, -0.1) is 0 Å². The van der Waals surface area contributed by atoms with Gasteiger partial charge in [-0.1, -0.05) is 12.1 Å². The van der Waals surface area contributed by atoms with E-state index in [4.69, 9.17) is 9.73 Å². The zero-order valence-electron chi connectivity index (χ0n) is 18.8. The van der Waals surface area contributed by atoms with Crippen molar-refractivity contribution in [3.8, 4) is 0 Å². The molecule has 10 nitrogen and oxygen atoms in total. The number of rotatable bonds is 11. The molecule has 2 aliphatic rings. The molecule has 0 unspecified atom stereocenters. The molecule has 1 saturated heterocycles. The summed E-state index contributed by atoms with van der Waals surface area (Å²) < 4.78 is 5.41. The van der Waals surface area contributed by atoms with E-state index in [-0.39, 0.29) is 11.6 Å². The molecule has 1 saturated carbocycles. The van der Waals surface area contributed by atoms with Crippen molar-refractivity contribution in [3.05, 3.63) is 39.9 Å². The van der Waals surface area contributed by atoms with Crippen molar-refractivity contribution in [2.45, 2.75) is 38.8 Å². The zero-order valence-corrected chi connectivity index (χ0v) is 18.8. The maximum absolute atomic E-state index is 12.1. The Kier molecular flexibility index (Phi) is 9.24. The third-order valence-corrected chi connectivity index (χ3v) is 5.49. The number of ether oxygens (including phenoxy) is 1. The van der Waals surface area contributed by atoms with Crippen LogP contribution in [0.15, 0.2) is 29.3 Å². The monoisotopic (exact) mass is 446 g/mol. The molecule has 2 N–H and O–H groups in total. The van der Waals surface area contributed by atoms with Crippen molar-refractivity contribution >= 4 is 17.6 Å². The summed E-state index contributed by atoms with van der Waals surface area (Å²) >= 11 is 0. The Morgan fingerprint density at radius 2 is 1.94 bits per heavy atom. The lowest BCUT2D eigenvalue weighted by molar-refractivity contribution is -0.384. The number of hydrogen-bond donors (Lipinski definition) is 2. The minimum absolute atomic E-state index is 0.0776. The van der Waals surface area contributed by atoms with E-state index in [0.717, 1.165) is 63.5 Å². The van der Waals surface area contributed by atoms with Crippen molar-refractivity contribution in [3.63, 3.8) is 0 Å². The number of nitro benzene ring substituents is 1. The van der Waals surface area contributed by atoms with Gasteiger partial charge in [0.15, 0.2) is 5.96 Å². The number of guanidine groups is 1. The first-order valence-corrected chi connectivity index (χ1v) is 11.4. The summed E-state index contributed by atoms with van der Waals surface area (Å²) in [6.45, 7) is 8.20. The maximum Gasteiger partial charge on any atom is 0.269 e. The summed E-state index contributed by atoms with van der Waals surface area (Å²) in [5.74, 6) is 0.934. The molecule has 0 atom stereocenters. The Morgan fingerprint density at radius 3 is 2.56 bits per heavy atom. The summed E-state index contributed by atoms with van der Waals surface area (Å²) in [5.41, 5.74) is 0.994. The van der Waals surface area contributed by atoms with Crippen LogP contribution in [0.25, 0.3) is 0 Å². The molecule has 2 fully saturated rings. The standard InChI is InChI=1S/C22H34N6O4/c1-2-32-15-3-10-23-22(24-16-18-4-8-20(9-5-18)28(30)31)27-13-11-26(12-14-27)17-21(29)25-19-6-7-19/h4-5,8-9,19H,2-3,6-7,10-17H2,1H3,(H,23,24)(H,25,29). The molecule has 10 heteroatoms. The Labute approximate surface area is 189 Å². The molecule has 3 rings (SSSR count). The van der Waals surface area contributed by atoms with Crippen molar-refractivity contribution in [1.29, 1.82) is 0 Å². The van der Waals surface area contributed by atoms with E-state index in [9.17, 15) is 14.9 Å². The van der Waals surface area contributed by atoms with E-state index in [1.165, 1.54) is 12.1 Å². The fraction of sp³-hybridized carbons (Fsp3) is 0.636. The lowest BCUT2D eigenvalue weighted by Crippen LogP contribution is -2.54. The minimum atomic E-state index is -0.400. The highest BCUT2D eigenvalue weighted by molar-refractivity contribution is 5.80. The van der Waals surface area contributed by atoms with Gasteiger partial charge in [0.2, 0.25) is 5.91 Å². The normalized spacial score (nSPS) is 17.3. The van der Waals surface area contributed by atoms with E-state index in [1.54, 1.807) is 12.1 Å². The summed E-state index contributed by atoms with van der Waals surface area (Å²) in [6.07, 6.45) is 3.08. The van der Waals surface area contributed by atoms with Gasteiger partial charge in [0.25, 0.3) is 5.69 Å². The number of nitrogens with zero attached hydrogens (tertiary/aromatic N) is 4. The second kappa shape index (κ2) is 12.4. The average Bonchev–Trinajstić information content (AvgIpc) is 3.60. The van der Waals surface area contributed by atoms with Gasteiger partial charge in [0.05, 0.1) is 18.0 Å². The highest BCUT2D eigenvalue weighted by Gasteiger charge is 2.26. The molecule has 1 aliphatic heterocycles. The van der Waals surface area contributed by atoms with Gasteiger partial charge in [0, 0.05) is 64.1 Å². The maximum atomic E-state index is 12.1. The van der Waals surface area contributed by atoms with E-state index in [0.29, 0.717) is 32.3 Å². The molecule has 0 spiro atoms. The summed E-state index contributed by atoms with van der Waals surface area (Å²) in [5, 5.41) is 17.3. The smallest absolute Gasteiger partial charge is 0.269 e. The predicted octanol–water partition coefficient (Wildman–Crippen LogP) is 1.36. The van der Waals surface area contributed by atoms with Crippen LogP contribution in [0.5, 0.6) is 0 Å². The fourth-order valence-corrected chi connectivity index (χ4v) is 3.50. The zero-order chi connectivity index (χ0) is 22.8. The molecule has 32 heavy (non-hydrogen) atoms. The van der Waals surface area contributed by atoms with Crippen molar-refractivity contribution in [2.75, 3.05) is 52.5 Å². The molecule has 1 aromatic rings. The predicted molar refractivity (Wildman–Crippen MR) is 123 cm³/mol.